The van der Waals surface area contributed by atoms with Gasteiger partial charge < -0.3 is 10.5 Å². The molecule has 1 rings (SSSR count). The molecule has 1 aliphatic heterocycles. The fourth-order valence-corrected chi connectivity index (χ4v) is 3.36. The first kappa shape index (κ1) is 15.8. The van der Waals surface area contributed by atoms with Crippen LogP contribution < -0.4 is 10.5 Å². The summed E-state index contributed by atoms with van der Waals surface area (Å²) in [4.78, 5) is 0. The van der Waals surface area contributed by atoms with E-state index in [0.29, 0.717) is 38.7 Å². The third-order valence-corrected chi connectivity index (χ3v) is 4.83. The van der Waals surface area contributed by atoms with Crippen molar-refractivity contribution in [2.24, 2.45) is 11.7 Å². The Balaban J connectivity index is 2.40. The molecule has 108 valence electrons. The predicted octanol–water partition coefficient (Wildman–Crippen LogP) is -0.0835. The normalized spacial score (nSPS) is 21.1. The highest BCUT2D eigenvalue weighted by molar-refractivity contribution is 7.87. The van der Waals surface area contributed by atoms with Gasteiger partial charge in [-0.15, -0.1) is 0 Å². The van der Waals surface area contributed by atoms with Gasteiger partial charge >= 0.3 is 0 Å². The lowest BCUT2D eigenvalue weighted by Crippen LogP contribution is -2.47. The molecular formula is C11H25N3O3S. The topological polar surface area (TPSA) is 84.7 Å². The van der Waals surface area contributed by atoms with Crippen LogP contribution in [0.5, 0.6) is 0 Å². The summed E-state index contributed by atoms with van der Waals surface area (Å²) in [5, 5.41) is 0. The van der Waals surface area contributed by atoms with Gasteiger partial charge in [-0.1, -0.05) is 0 Å². The number of nitrogens with zero attached hydrogens (tertiary/aromatic N) is 1. The smallest absolute Gasteiger partial charge is 0.279 e. The number of hydrogen-bond acceptors (Lipinski definition) is 4. The summed E-state index contributed by atoms with van der Waals surface area (Å²) in [6.45, 7) is 6.40. The summed E-state index contributed by atoms with van der Waals surface area (Å²) in [5.41, 5.74) is 5.59. The van der Waals surface area contributed by atoms with E-state index in [1.54, 1.807) is 0 Å². The number of nitrogens with two attached hydrogens (primary N) is 1. The minimum Gasteiger partial charge on any atom is -0.377 e. The van der Waals surface area contributed by atoms with Crippen LogP contribution in [0, 0.1) is 5.92 Å². The Morgan fingerprint density at radius 3 is 2.56 bits per heavy atom. The molecule has 1 atom stereocenters. The van der Waals surface area contributed by atoms with Gasteiger partial charge in [-0.2, -0.15) is 17.4 Å². The molecule has 0 aromatic carbocycles. The van der Waals surface area contributed by atoms with Crippen LogP contribution in [0.1, 0.15) is 26.7 Å². The lowest BCUT2D eigenvalue weighted by Gasteiger charge is -2.30. The maximum absolute atomic E-state index is 12.0. The fraction of sp³-hybridized carbons (Fsp3) is 1.00. The van der Waals surface area contributed by atoms with Crippen LogP contribution in [-0.2, 0) is 14.9 Å². The zero-order chi connectivity index (χ0) is 13.6. The molecule has 1 saturated heterocycles. The molecule has 1 fully saturated rings. The average molecular weight is 279 g/mol. The van der Waals surface area contributed by atoms with Gasteiger partial charge in [0.2, 0.25) is 0 Å². The molecule has 0 amide bonds. The Labute approximate surface area is 110 Å². The Morgan fingerprint density at radius 1 is 1.44 bits per heavy atom. The standard InChI is InChI=1S/C11H25N3O3S/c1-3-17-10(2)9-13-18(15,16)14-6-4-11(8-12)5-7-14/h10-11,13H,3-9,12H2,1-2H3. The Morgan fingerprint density at radius 2 is 2.06 bits per heavy atom. The van der Waals surface area contributed by atoms with Crippen LogP contribution in [0.4, 0.5) is 0 Å². The fourth-order valence-electron chi connectivity index (χ4n) is 2.04. The predicted molar refractivity (Wildman–Crippen MR) is 71.4 cm³/mol. The summed E-state index contributed by atoms with van der Waals surface area (Å²) in [7, 11) is -3.37. The van der Waals surface area contributed by atoms with Gasteiger partial charge in [0.15, 0.2) is 0 Å². The van der Waals surface area contributed by atoms with Crippen molar-refractivity contribution in [3.8, 4) is 0 Å². The first-order valence-corrected chi connectivity index (χ1v) is 8.00. The lowest BCUT2D eigenvalue weighted by molar-refractivity contribution is 0.0795. The molecule has 0 bridgehead atoms. The molecule has 1 unspecified atom stereocenters. The van der Waals surface area contributed by atoms with Crippen LogP contribution in [0.3, 0.4) is 0 Å². The first-order chi connectivity index (χ1) is 8.49. The molecule has 6 nitrogen and oxygen atoms in total. The van der Waals surface area contributed by atoms with Gasteiger partial charge in [-0.25, -0.2) is 0 Å². The van der Waals surface area contributed by atoms with E-state index >= 15 is 0 Å². The molecule has 0 aliphatic carbocycles. The third kappa shape index (κ3) is 4.81. The van der Waals surface area contributed by atoms with Crippen molar-refractivity contribution in [3.05, 3.63) is 0 Å². The second-order valence-electron chi connectivity index (χ2n) is 4.70. The molecule has 1 heterocycles. The van der Waals surface area contributed by atoms with Gasteiger partial charge in [0.1, 0.15) is 0 Å². The van der Waals surface area contributed by atoms with E-state index in [4.69, 9.17) is 10.5 Å². The van der Waals surface area contributed by atoms with E-state index in [1.165, 1.54) is 4.31 Å². The van der Waals surface area contributed by atoms with Gasteiger partial charge in [0.25, 0.3) is 10.2 Å². The second kappa shape index (κ2) is 7.40. The minimum absolute atomic E-state index is 0.105. The third-order valence-electron chi connectivity index (χ3n) is 3.25. The minimum atomic E-state index is -3.37. The van der Waals surface area contributed by atoms with Crippen LogP contribution in [0.2, 0.25) is 0 Å². The molecule has 1 aliphatic rings. The largest absolute Gasteiger partial charge is 0.377 e. The van der Waals surface area contributed by atoms with E-state index in [1.807, 2.05) is 13.8 Å². The molecule has 0 saturated carbocycles. The number of nitrogens with one attached hydrogen (secondary N) is 1. The molecule has 0 aromatic rings. The van der Waals surface area contributed by atoms with E-state index in [-0.39, 0.29) is 6.10 Å². The number of hydrogen-bond donors (Lipinski definition) is 2. The quantitative estimate of drug-likeness (QED) is 0.682. The van der Waals surface area contributed by atoms with Crippen molar-refractivity contribution < 1.29 is 13.2 Å². The van der Waals surface area contributed by atoms with Gasteiger partial charge in [-0.3, -0.25) is 0 Å². The zero-order valence-corrected chi connectivity index (χ0v) is 12.1. The number of piperidine rings is 1. The number of ether oxygens (including phenoxy) is 1. The summed E-state index contributed by atoms with van der Waals surface area (Å²) < 4.78 is 33.4. The van der Waals surface area contributed by atoms with E-state index in [9.17, 15) is 8.42 Å². The SMILES string of the molecule is CCOC(C)CNS(=O)(=O)N1CCC(CN)CC1. The molecular weight excluding hydrogens is 254 g/mol. The maximum atomic E-state index is 12.0. The molecule has 0 radical (unpaired) electrons. The van der Waals surface area contributed by atoms with Crippen molar-refractivity contribution in [2.75, 3.05) is 32.8 Å². The Hall–Kier alpha value is -0.210. The summed E-state index contributed by atoms with van der Waals surface area (Å²) in [6, 6.07) is 0. The van der Waals surface area contributed by atoms with Gasteiger partial charge in [0, 0.05) is 26.2 Å². The van der Waals surface area contributed by atoms with Crippen molar-refractivity contribution in [1.82, 2.24) is 9.03 Å². The highest BCUT2D eigenvalue weighted by atomic mass is 32.2. The van der Waals surface area contributed by atoms with Crippen molar-refractivity contribution >= 4 is 10.2 Å². The van der Waals surface area contributed by atoms with Crippen molar-refractivity contribution in [2.45, 2.75) is 32.8 Å². The zero-order valence-electron chi connectivity index (χ0n) is 11.3. The highest BCUT2D eigenvalue weighted by Gasteiger charge is 2.27. The number of rotatable bonds is 7. The summed E-state index contributed by atoms with van der Waals surface area (Å²) in [6.07, 6.45) is 1.59. The molecule has 0 spiro atoms. The highest BCUT2D eigenvalue weighted by Crippen LogP contribution is 2.17. The summed E-state index contributed by atoms with van der Waals surface area (Å²) in [5.74, 6) is 0.457. The monoisotopic (exact) mass is 279 g/mol. The van der Waals surface area contributed by atoms with Crippen LogP contribution in [0.25, 0.3) is 0 Å². The van der Waals surface area contributed by atoms with Crippen LogP contribution >= 0.6 is 0 Å². The van der Waals surface area contributed by atoms with Crippen molar-refractivity contribution in [3.63, 3.8) is 0 Å². The molecule has 18 heavy (non-hydrogen) atoms. The Bertz CT molecular complexity index is 326. The molecule has 3 N–H and O–H groups in total. The molecule has 0 aromatic heterocycles. The lowest BCUT2D eigenvalue weighted by atomic mass is 9.99. The van der Waals surface area contributed by atoms with Gasteiger partial charge in [0.05, 0.1) is 6.10 Å². The summed E-state index contributed by atoms with van der Waals surface area (Å²) >= 11 is 0. The molecule has 7 heteroatoms. The van der Waals surface area contributed by atoms with Crippen molar-refractivity contribution in [1.29, 1.82) is 0 Å². The van der Waals surface area contributed by atoms with Crippen LogP contribution in [-0.4, -0.2) is 51.6 Å². The van der Waals surface area contributed by atoms with Crippen LogP contribution in [0.15, 0.2) is 0 Å². The Kier molecular flexibility index (Phi) is 6.51. The van der Waals surface area contributed by atoms with E-state index in [0.717, 1.165) is 12.8 Å². The van der Waals surface area contributed by atoms with E-state index < -0.39 is 10.2 Å². The second-order valence-corrected chi connectivity index (χ2v) is 6.45. The first-order valence-electron chi connectivity index (χ1n) is 6.56. The average Bonchev–Trinajstić information content (AvgIpc) is 2.37. The van der Waals surface area contributed by atoms with E-state index in [2.05, 4.69) is 4.72 Å². The maximum Gasteiger partial charge on any atom is 0.279 e. The van der Waals surface area contributed by atoms with Gasteiger partial charge in [-0.05, 0) is 39.2 Å².